The van der Waals surface area contributed by atoms with Crippen molar-refractivity contribution in [1.82, 2.24) is 0 Å². The van der Waals surface area contributed by atoms with Crippen LogP contribution in [0.4, 0.5) is 11.4 Å². The summed E-state index contributed by atoms with van der Waals surface area (Å²) in [6.07, 6.45) is 0.805. The van der Waals surface area contributed by atoms with Gasteiger partial charge in [-0.3, -0.25) is 10.1 Å². The van der Waals surface area contributed by atoms with Crippen LogP contribution < -0.4 is 5.32 Å². The Morgan fingerprint density at radius 2 is 1.86 bits per heavy atom. The lowest BCUT2D eigenvalue weighted by atomic mass is 10.1. The molecule has 0 bridgehead atoms. The van der Waals surface area contributed by atoms with E-state index in [0.29, 0.717) is 6.61 Å². The van der Waals surface area contributed by atoms with Crippen molar-refractivity contribution in [1.29, 1.82) is 0 Å². The van der Waals surface area contributed by atoms with Gasteiger partial charge in [0.1, 0.15) is 0 Å². The molecule has 0 amide bonds. The van der Waals surface area contributed by atoms with Crippen molar-refractivity contribution >= 4 is 11.4 Å². The molecule has 2 rings (SSSR count). The van der Waals surface area contributed by atoms with Gasteiger partial charge in [0.05, 0.1) is 11.5 Å². The maximum absolute atomic E-state index is 10.6. The fraction of sp³-hybridized carbons (Fsp3) is 0.250. The molecule has 0 radical (unpaired) electrons. The monoisotopic (exact) mass is 286 g/mol. The Balaban J connectivity index is 1.91. The van der Waals surface area contributed by atoms with Crippen LogP contribution in [0.5, 0.6) is 0 Å². The molecule has 0 atom stereocenters. The molecular formula is C16H18N2O3. The molecule has 0 fully saturated rings. The van der Waals surface area contributed by atoms with E-state index in [1.54, 1.807) is 19.2 Å². The van der Waals surface area contributed by atoms with Crippen LogP contribution in [-0.4, -0.2) is 18.6 Å². The van der Waals surface area contributed by atoms with Gasteiger partial charge in [0.2, 0.25) is 0 Å². The summed E-state index contributed by atoms with van der Waals surface area (Å²) in [4.78, 5) is 10.2. The van der Waals surface area contributed by atoms with Crippen LogP contribution in [0.25, 0.3) is 0 Å². The third-order valence-electron chi connectivity index (χ3n) is 3.19. The second-order valence-corrected chi connectivity index (χ2v) is 4.69. The molecule has 0 unspecified atom stereocenters. The molecule has 0 aromatic heterocycles. The van der Waals surface area contributed by atoms with E-state index in [1.807, 2.05) is 24.3 Å². The minimum atomic E-state index is -0.386. The number of rotatable bonds is 7. The summed E-state index contributed by atoms with van der Waals surface area (Å²) in [5, 5.41) is 14.0. The van der Waals surface area contributed by atoms with E-state index < -0.39 is 0 Å². The topological polar surface area (TPSA) is 64.4 Å². The molecule has 0 aliphatic heterocycles. The minimum Gasteiger partial charge on any atom is -0.384 e. The quantitative estimate of drug-likeness (QED) is 0.626. The number of non-ortho nitro benzene ring substituents is 1. The van der Waals surface area contributed by atoms with Crippen LogP contribution in [0, 0.1) is 10.1 Å². The molecule has 110 valence electrons. The highest BCUT2D eigenvalue weighted by Crippen LogP contribution is 2.16. The molecule has 5 nitrogen and oxygen atoms in total. The Morgan fingerprint density at radius 3 is 2.52 bits per heavy atom. The molecular weight excluding hydrogens is 268 g/mol. The van der Waals surface area contributed by atoms with Crippen molar-refractivity contribution in [3.05, 3.63) is 69.8 Å². The number of nitrogens with zero attached hydrogens (tertiary/aromatic N) is 1. The second kappa shape index (κ2) is 7.40. The van der Waals surface area contributed by atoms with Crippen molar-refractivity contribution in [3.63, 3.8) is 0 Å². The highest BCUT2D eigenvalue weighted by molar-refractivity contribution is 5.50. The number of benzene rings is 2. The number of methoxy groups -OCH3 is 1. The maximum Gasteiger partial charge on any atom is 0.269 e. The van der Waals surface area contributed by atoms with Gasteiger partial charge in [0, 0.05) is 37.0 Å². The average Bonchev–Trinajstić information content (AvgIpc) is 2.50. The highest BCUT2D eigenvalue weighted by atomic mass is 16.6. The van der Waals surface area contributed by atoms with Crippen molar-refractivity contribution in [2.75, 3.05) is 19.0 Å². The Kier molecular flexibility index (Phi) is 5.29. The molecule has 1 N–H and O–H groups in total. The number of nitro groups is 1. The fourth-order valence-electron chi connectivity index (χ4n) is 2.10. The molecule has 0 aliphatic rings. The number of hydrogen-bond donors (Lipinski definition) is 1. The molecule has 0 heterocycles. The summed E-state index contributed by atoms with van der Waals surface area (Å²) in [5.74, 6) is 0. The summed E-state index contributed by atoms with van der Waals surface area (Å²) >= 11 is 0. The van der Waals surface area contributed by atoms with Gasteiger partial charge >= 0.3 is 0 Å². The standard InChI is InChI=1S/C16H18N2O3/c1-21-12-14-4-2-3-5-16(14)17-11-10-13-6-8-15(9-7-13)18(19)20/h2-9,17H,10-12H2,1H3. The predicted octanol–water partition coefficient (Wildman–Crippen LogP) is 3.40. The van der Waals surface area contributed by atoms with Crippen LogP contribution >= 0.6 is 0 Å². The number of para-hydroxylation sites is 1. The summed E-state index contributed by atoms with van der Waals surface area (Å²) in [7, 11) is 1.67. The molecule has 5 heteroatoms. The Bertz CT molecular complexity index is 597. The smallest absolute Gasteiger partial charge is 0.269 e. The molecule has 2 aromatic rings. The number of nitrogens with one attached hydrogen (secondary N) is 1. The molecule has 21 heavy (non-hydrogen) atoms. The van der Waals surface area contributed by atoms with Crippen molar-refractivity contribution in [3.8, 4) is 0 Å². The number of ether oxygens (including phenoxy) is 1. The van der Waals surface area contributed by atoms with Gasteiger partial charge in [0.25, 0.3) is 5.69 Å². The van der Waals surface area contributed by atoms with Gasteiger partial charge < -0.3 is 10.1 Å². The Hall–Kier alpha value is -2.40. The Labute approximate surface area is 123 Å². The first-order valence-electron chi connectivity index (χ1n) is 6.75. The summed E-state index contributed by atoms with van der Waals surface area (Å²) in [6, 6.07) is 14.7. The first-order chi connectivity index (χ1) is 10.2. The minimum absolute atomic E-state index is 0.122. The van der Waals surface area contributed by atoms with E-state index in [2.05, 4.69) is 5.32 Å². The zero-order valence-corrected chi connectivity index (χ0v) is 11.9. The summed E-state index contributed by atoms with van der Waals surface area (Å²) in [6.45, 7) is 1.33. The van der Waals surface area contributed by atoms with E-state index in [1.165, 1.54) is 12.1 Å². The summed E-state index contributed by atoms with van der Waals surface area (Å²) in [5.41, 5.74) is 3.36. The third kappa shape index (κ3) is 4.29. The van der Waals surface area contributed by atoms with Crippen LogP contribution in [-0.2, 0) is 17.8 Å². The molecule has 0 saturated carbocycles. The van der Waals surface area contributed by atoms with Crippen LogP contribution in [0.3, 0.4) is 0 Å². The number of hydrogen-bond acceptors (Lipinski definition) is 4. The van der Waals surface area contributed by atoms with Crippen LogP contribution in [0.2, 0.25) is 0 Å². The van der Waals surface area contributed by atoms with Gasteiger partial charge in [-0.2, -0.15) is 0 Å². The number of nitro benzene ring substituents is 1. The van der Waals surface area contributed by atoms with Crippen molar-refractivity contribution in [2.24, 2.45) is 0 Å². The molecule has 0 spiro atoms. The second-order valence-electron chi connectivity index (χ2n) is 4.69. The lowest BCUT2D eigenvalue weighted by Gasteiger charge is -2.11. The summed E-state index contributed by atoms with van der Waals surface area (Å²) < 4.78 is 5.16. The third-order valence-corrected chi connectivity index (χ3v) is 3.19. The van der Waals surface area contributed by atoms with E-state index in [4.69, 9.17) is 4.74 Å². The van der Waals surface area contributed by atoms with Gasteiger partial charge in [-0.25, -0.2) is 0 Å². The Morgan fingerprint density at radius 1 is 1.14 bits per heavy atom. The van der Waals surface area contributed by atoms with Crippen LogP contribution in [0.1, 0.15) is 11.1 Å². The van der Waals surface area contributed by atoms with Crippen LogP contribution in [0.15, 0.2) is 48.5 Å². The normalized spacial score (nSPS) is 10.3. The lowest BCUT2D eigenvalue weighted by molar-refractivity contribution is -0.384. The van der Waals surface area contributed by atoms with Crippen molar-refractivity contribution < 1.29 is 9.66 Å². The first-order valence-corrected chi connectivity index (χ1v) is 6.75. The molecule has 0 saturated heterocycles. The molecule has 2 aromatic carbocycles. The SMILES string of the molecule is COCc1ccccc1NCCc1ccc([N+](=O)[O-])cc1. The van der Waals surface area contributed by atoms with E-state index in [0.717, 1.165) is 29.8 Å². The fourth-order valence-corrected chi connectivity index (χ4v) is 2.10. The lowest BCUT2D eigenvalue weighted by Crippen LogP contribution is -2.07. The van der Waals surface area contributed by atoms with Crippen molar-refractivity contribution in [2.45, 2.75) is 13.0 Å². The number of anilines is 1. The highest BCUT2D eigenvalue weighted by Gasteiger charge is 2.04. The van der Waals surface area contributed by atoms with Gasteiger partial charge in [0.15, 0.2) is 0 Å². The van der Waals surface area contributed by atoms with Gasteiger partial charge in [-0.1, -0.05) is 30.3 Å². The van der Waals surface area contributed by atoms with E-state index in [-0.39, 0.29) is 10.6 Å². The van der Waals surface area contributed by atoms with Gasteiger partial charge in [-0.05, 0) is 18.1 Å². The van der Waals surface area contributed by atoms with E-state index in [9.17, 15) is 10.1 Å². The maximum atomic E-state index is 10.6. The largest absolute Gasteiger partial charge is 0.384 e. The van der Waals surface area contributed by atoms with Gasteiger partial charge in [-0.15, -0.1) is 0 Å². The zero-order chi connectivity index (χ0) is 15.1. The average molecular weight is 286 g/mol. The predicted molar refractivity (Wildman–Crippen MR) is 82.4 cm³/mol. The van der Waals surface area contributed by atoms with E-state index >= 15 is 0 Å². The first kappa shape index (κ1) is 15.0. The molecule has 0 aliphatic carbocycles. The zero-order valence-electron chi connectivity index (χ0n) is 11.9.